The van der Waals surface area contributed by atoms with Crippen molar-refractivity contribution in [2.24, 2.45) is 0 Å². The van der Waals surface area contributed by atoms with Crippen molar-refractivity contribution in [1.29, 1.82) is 0 Å². The highest BCUT2D eigenvalue weighted by molar-refractivity contribution is 7.22. The van der Waals surface area contributed by atoms with E-state index in [4.69, 9.17) is 16.6 Å². The molecule has 0 atom stereocenters. The van der Waals surface area contributed by atoms with E-state index in [0.717, 1.165) is 28.7 Å². The van der Waals surface area contributed by atoms with Crippen LogP contribution in [0.2, 0.25) is 5.02 Å². The van der Waals surface area contributed by atoms with Crippen LogP contribution in [0.15, 0.2) is 60.9 Å². The Morgan fingerprint density at radius 2 is 1.77 bits per heavy atom. The van der Waals surface area contributed by atoms with Crippen LogP contribution in [-0.4, -0.2) is 27.8 Å². The maximum Gasteiger partial charge on any atom is 0.260 e. The van der Waals surface area contributed by atoms with Crippen molar-refractivity contribution in [3.8, 4) is 0 Å². The predicted molar refractivity (Wildman–Crippen MR) is 127 cm³/mol. The van der Waals surface area contributed by atoms with Gasteiger partial charge >= 0.3 is 0 Å². The summed E-state index contributed by atoms with van der Waals surface area (Å²) in [7, 11) is 0. The lowest BCUT2D eigenvalue weighted by atomic mass is 10.1. The highest BCUT2D eigenvalue weighted by Crippen LogP contribution is 2.33. The van der Waals surface area contributed by atoms with Gasteiger partial charge in [0.15, 0.2) is 10.9 Å². The van der Waals surface area contributed by atoms with Crippen molar-refractivity contribution in [1.82, 2.24) is 9.55 Å². The first-order chi connectivity index (χ1) is 14.9. The SMILES string of the molecule is CC(=O)c1ccc(C(=O)N(CCCn2cccc2)c2nc3c(C)cc(Cl)cc3s2)cc1. The first-order valence-electron chi connectivity index (χ1n) is 10.0. The second kappa shape index (κ2) is 9.04. The maximum absolute atomic E-state index is 13.4. The van der Waals surface area contributed by atoms with Crippen molar-refractivity contribution >= 4 is 50.0 Å². The van der Waals surface area contributed by atoms with Gasteiger partial charge in [-0.1, -0.05) is 35.1 Å². The molecule has 4 rings (SSSR count). The third kappa shape index (κ3) is 4.70. The van der Waals surface area contributed by atoms with Crippen LogP contribution in [0.1, 0.15) is 39.6 Å². The molecule has 4 aromatic rings. The lowest BCUT2D eigenvalue weighted by Gasteiger charge is -2.20. The Bertz CT molecular complexity index is 1230. The van der Waals surface area contributed by atoms with E-state index in [1.807, 2.05) is 43.6 Å². The van der Waals surface area contributed by atoms with Gasteiger partial charge in [-0.3, -0.25) is 14.5 Å². The molecule has 7 heteroatoms. The molecule has 0 bridgehead atoms. The number of nitrogens with zero attached hydrogens (tertiary/aromatic N) is 3. The molecular weight excluding hydrogens is 430 g/mol. The van der Waals surface area contributed by atoms with E-state index in [0.29, 0.717) is 27.8 Å². The second-order valence-corrected chi connectivity index (χ2v) is 8.88. The number of fused-ring (bicyclic) bond motifs is 1. The Morgan fingerprint density at radius 3 is 2.45 bits per heavy atom. The number of rotatable bonds is 7. The van der Waals surface area contributed by atoms with Gasteiger partial charge < -0.3 is 4.57 Å². The third-order valence-electron chi connectivity index (χ3n) is 5.12. The second-order valence-electron chi connectivity index (χ2n) is 7.43. The summed E-state index contributed by atoms with van der Waals surface area (Å²) in [5, 5.41) is 1.30. The van der Waals surface area contributed by atoms with E-state index < -0.39 is 0 Å². The fraction of sp³-hybridized carbons (Fsp3) is 0.208. The highest BCUT2D eigenvalue weighted by atomic mass is 35.5. The zero-order chi connectivity index (χ0) is 22.0. The average molecular weight is 452 g/mol. The average Bonchev–Trinajstić information content (AvgIpc) is 3.40. The van der Waals surface area contributed by atoms with Crippen molar-refractivity contribution in [2.45, 2.75) is 26.8 Å². The Hall–Kier alpha value is -2.96. The lowest BCUT2D eigenvalue weighted by molar-refractivity contribution is 0.0982. The molecule has 0 radical (unpaired) electrons. The summed E-state index contributed by atoms with van der Waals surface area (Å²) in [6.07, 6.45) is 4.80. The van der Waals surface area contributed by atoms with Crippen molar-refractivity contribution in [3.05, 3.63) is 82.6 Å². The maximum atomic E-state index is 13.4. The molecule has 2 heterocycles. The van der Waals surface area contributed by atoms with Crippen LogP contribution >= 0.6 is 22.9 Å². The summed E-state index contributed by atoms with van der Waals surface area (Å²) in [6.45, 7) is 4.81. The summed E-state index contributed by atoms with van der Waals surface area (Å²) < 4.78 is 3.04. The normalized spacial score (nSPS) is 11.1. The fourth-order valence-electron chi connectivity index (χ4n) is 3.48. The molecule has 158 valence electrons. The number of aryl methyl sites for hydroxylation is 2. The number of amides is 1. The molecule has 0 saturated heterocycles. The molecule has 5 nitrogen and oxygen atoms in total. The molecule has 2 aromatic heterocycles. The first-order valence-corrected chi connectivity index (χ1v) is 11.2. The van der Waals surface area contributed by atoms with E-state index >= 15 is 0 Å². The molecule has 0 N–H and O–H groups in total. The predicted octanol–water partition coefficient (Wildman–Crippen LogP) is 6.00. The van der Waals surface area contributed by atoms with E-state index in [1.165, 1.54) is 18.3 Å². The van der Waals surface area contributed by atoms with Gasteiger partial charge in [0.2, 0.25) is 0 Å². The number of carbonyl (C=O) groups excluding carboxylic acids is 2. The van der Waals surface area contributed by atoms with Gasteiger partial charge in [-0.25, -0.2) is 4.98 Å². The molecule has 1 amide bonds. The number of hydrogen-bond acceptors (Lipinski definition) is 4. The van der Waals surface area contributed by atoms with Crippen LogP contribution in [0.5, 0.6) is 0 Å². The van der Waals surface area contributed by atoms with Gasteiger partial charge in [0.1, 0.15) is 0 Å². The molecule has 0 saturated carbocycles. The molecule has 31 heavy (non-hydrogen) atoms. The van der Waals surface area contributed by atoms with Gasteiger partial charge in [-0.2, -0.15) is 0 Å². The Labute approximate surface area is 189 Å². The number of aromatic nitrogens is 2. The Balaban J connectivity index is 1.65. The van der Waals surface area contributed by atoms with Crippen molar-refractivity contribution < 1.29 is 9.59 Å². The Kier molecular flexibility index (Phi) is 6.20. The molecule has 0 fully saturated rings. The van der Waals surface area contributed by atoms with Crippen LogP contribution in [0.4, 0.5) is 5.13 Å². The zero-order valence-corrected chi connectivity index (χ0v) is 18.9. The lowest BCUT2D eigenvalue weighted by Crippen LogP contribution is -2.32. The Morgan fingerprint density at radius 1 is 1.10 bits per heavy atom. The topological polar surface area (TPSA) is 55.2 Å². The van der Waals surface area contributed by atoms with Gasteiger partial charge in [0, 0.05) is 41.6 Å². The minimum atomic E-state index is -0.134. The summed E-state index contributed by atoms with van der Waals surface area (Å²) in [6, 6.07) is 14.5. The zero-order valence-electron chi connectivity index (χ0n) is 17.3. The van der Waals surface area contributed by atoms with E-state index in [-0.39, 0.29) is 11.7 Å². The number of halogens is 1. The molecule has 0 aliphatic heterocycles. The van der Waals surface area contributed by atoms with Crippen LogP contribution in [-0.2, 0) is 6.54 Å². The van der Waals surface area contributed by atoms with Gasteiger partial charge in [0.05, 0.1) is 10.2 Å². The van der Waals surface area contributed by atoms with Crippen LogP contribution in [0.25, 0.3) is 10.2 Å². The van der Waals surface area contributed by atoms with E-state index in [9.17, 15) is 9.59 Å². The number of Topliss-reactive ketones (excluding diaryl/α,β-unsaturated/α-hetero) is 1. The van der Waals surface area contributed by atoms with E-state index in [2.05, 4.69) is 4.57 Å². The summed E-state index contributed by atoms with van der Waals surface area (Å²) in [4.78, 5) is 31.5. The van der Waals surface area contributed by atoms with Crippen LogP contribution in [0, 0.1) is 6.92 Å². The fourth-order valence-corrected chi connectivity index (χ4v) is 4.92. The van der Waals surface area contributed by atoms with E-state index in [1.54, 1.807) is 29.2 Å². The quantitative estimate of drug-likeness (QED) is 0.324. The smallest absolute Gasteiger partial charge is 0.260 e. The molecule has 0 aliphatic rings. The summed E-state index contributed by atoms with van der Waals surface area (Å²) >= 11 is 7.68. The van der Waals surface area contributed by atoms with Gasteiger partial charge in [-0.05, 0) is 62.2 Å². The standard InChI is InChI=1S/C24H22ClN3O2S/c1-16-14-20(25)15-21-22(16)26-24(31-21)28(13-5-12-27-10-3-4-11-27)23(30)19-8-6-18(7-9-19)17(2)29/h3-4,6-11,14-15H,5,12-13H2,1-2H3. The molecule has 0 spiro atoms. The third-order valence-corrected chi connectivity index (χ3v) is 6.36. The number of ketones is 1. The summed E-state index contributed by atoms with van der Waals surface area (Å²) in [5.74, 6) is -0.161. The van der Waals surface area contributed by atoms with Crippen molar-refractivity contribution in [2.75, 3.05) is 11.4 Å². The molecule has 2 aromatic carbocycles. The molecule has 0 unspecified atom stereocenters. The highest BCUT2D eigenvalue weighted by Gasteiger charge is 2.22. The first kappa shape index (κ1) is 21.3. The minimum absolute atomic E-state index is 0.0268. The van der Waals surface area contributed by atoms with Crippen LogP contribution < -0.4 is 4.90 Å². The largest absolute Gasteiger partial charge is 0.354 e. The molecule has 0 aliphatic carbocycles. The monoisotopic (exact) mass is 451 g/mol. The minimum Gasteiger partial charge on any atom is -0.354 e. The van der Waals surface area contributed by atoms with Gasteiger partial charge in [-0.15, -0.1) is 0 Å². The number of thiazole rings is 1. The number of carbonyl (C=O) groups is 2. The van der Waals surface area contributed by atoms with Gasteiger partial charge in [0.25, 0.3) is 5.91 Å². The number of hydrogen-bond donors (Lipinski definition) is 0. The van der Waals surface area contributed by atoms with Crippen LogP contribution in [0.3, 0.4) is 0 Å². The summed E-state index contributed by atoms with van der Waals surface area (Å²) in [5.41, 5.74) is 2.95. The molecular formula is C24H22ClN3O2S. The number of benzene rings is 2. The van der Waals surface area contributed by atoms with Crippen molar-refractivity contribution in [3.63, 3.8) is 0 Å². The number of anilines is 1.